The van der Waals surface area contributed by atoms with Gasteiger partial charge in [0.05, 0.1) is 5.56 Å². The van der Waals surface area contributed by atoms with Crippen LogP contribution in [-0.4, -0.2) is 28.9 Å². The fourth-order valence-electron chi connectivity index (χ4n) is 3.44. The molecule has 0 radical (unpaired) electrons. The predicted molar refractivity (Wildman–Crippen MR) is 103 cm³/mol. The van der Waals surface area contributed by atoms with Crippen LogP contribution in [0.3, 0.4) is 0 Å². The molecule has 1 aliphatic rings. The summed E-state index contributed by atoms with van der Waals surface area (Å²) < 4.78 is 38.0. The third-order valence-corrected chi connectivity index (χ3v) is 5.18. The maximum absolute atomic E-state index is 12.7. The molecule has 0 unspecified atom stereocenters. The first-order valence-corrected chi connectivity index (χ1v) is 9.13. The number of nitrogens with one attached hydrogen (secondary N) is 1. The summed E-state index contributed by atoms with van der Waals surface area (Å²) in [6.45, 7) is 0.904. The molecule has 1 amide bonds. The van der Waals surface area contributed by atoms with E-state index in [0.29, 0.717) is 24.5 Å². The van der Waals surface area contributed by atoms with Crippen LogP contribution < -0.4 is 0 Å². The van der Waals surface area contributed by atoms with Crippen LogP contribution in [0.1, 0.15) is 27.9 Å². The maximum atomic E-state index is 12.7. The van der Waals surface area contributed by atoms with Crippen molar-refractivity contribution in [3.8, 4) is 0 Å². The minimum absolute atomic E-state index is 0.253. The second kappa shape index (κ2) is 7.02. The Morgan fingerprint density at radius 2 is 1.86 bits per heavy atom. The van der Waals surface area contributed by atoms with Gasteiger partial charge in [-0.3, -0.25) is 4.79 Å². The minimum atomic E-state index is -4.41. The summed E-state index contributed by atoms with van der Waals surface area (Å²) in [6, 6.07) is 9.98. The second-order valence-corrected chi connectivity index (χ2v) is 7.13. The Kier molecular flexibility index (Phi) is 4.67. The summed E-state index contributed by atoms with van der Waals surface area (Å²) in [4.78, 5) is 17.5. The van der Waals surface area contributed by atoms with E-state index in [1.807, 2.05) is 30.5 Å². The highest BCUT2D eigenvalue weighted by molar-refractivity contribution is 6.31. The first-order valence-electron chi connectivity index (χ1n) is 8.75. The SMILES string of the molecule is O=C(c1ccc(C(F)(F)F)cc1)N1CC=C(c2c[nH]c3ccc(Cl)cc23)CC1. The number of hydrogen-bond acceptors (Lipinski definition) is 1. The molecular formula is C21H16ClF3N2O. The Labute approximate surface area is 164 Å². The van der Waals surface area contributed by atoms with Crippen molar-refractivity contribution in [2.45, 2.75) is 12.6 Å². The van der Waals surface area contributed by atoms with Gasteiger partial charge in [-0.1, -0.05) is 17.7 Å². The Morgan fingerprint density at radius 1 is 1.11 bits per heavy atom. The summed E-state index contributed by atoms with van der Waals surface area (Å²) >= 11 is 6.10. The molecule has 0 atom stereocenters. The van der Waals surface area contributed by atoms with Crippen molar-refractivity contribution in [3.63, 3.8) is 0 Å². The van der Waals surface area contributed by atoms with Crippen molar-refractivity contribution in [3.05, 3.63) is 76.5 Å². The summed E-state index contributed by atoms with van der Waals surface area (Å²) in [5.74, 6) is -0.272. The molecule has 0 spiro atoms. The molecule has 3 aromatic rings. The summed E-state index contributed by atoms with van der Waals surface area (Å²) in [6.07, 6.45) is 0.160. The van der Waals surface area contributed by atoms with Crippen molar-refractivity contribution < 1.29 is 18.0 Å². The van der Waals surface area contributed by atoms with Gasteiger partial charge in [-0.25, -0.2) is 0 Å². The maximum Gasteiger partial charge on any atom is 0.416 e. The zero-order chi connectivity index (χ0) is 19.9. The fraction of sp³-hybridized carbons (Fsp3) is 0.190. The van der Waals surface area contributed by atoms with Gasteiger partial charge in [0.2, 0.25) is 0 Å². The lowest BCUT2D eigenvalue weighted by molar-refractivity contribution is -0.137. The van der Waals surface area contributed by atoms with Crippen LogP contribution in [0.2, 0.25) is 5.02 Å². The molecule has 4 rings (SSSR count). The molecule has 0 bridgehead atoms. The van der Waals surface area contributed by atoms with Gasteiger partial charge in [-0.2, -0.15) is 13.2 Å². The first-order chi connectivity index (χ1) is 13.3. The molecule has 1 aromatic heterocycles. The van der Waals surface area contributed by atoms with Crippen LogP contribution in [-0.2, 0) is 6.18 Å². The molecule has 7 heteroatoms. The van der Waals surface area contributed by atoms with Crippen LogP contribution in [0, 0.1) is 0 Å². The fourth-order valence-corrected chi connectivity index (χ4v) is 3.61. The number of benzene rings is 2. The predicted octanol–water partition coefficient (Wildman–Crippen LogP) is 5.77. The third kappa shape index (κ3) is 3.52. The van der Waals surface area contributed by atoms with E-state index in [4.69, 9.17) is 11.6 Å². The topological polar surface area (TPSA) is 36.1 Å². The van der Waals surface area contributed by atoms with E-state index >= 15 is 0 Å². The second-order valence-electron chi connectivity index (χ2n) is 6.70. The number of alkyl halides is 3. The molecule has 0 saturated carbocycles. The molecule has 1 N–H and O–H groups in total. The number of amides is 1. The average molecular weight is 405 g/mol. The Bertz CT molecular complexity index is 1070. The Hall–Kier alpha value is -2.73. The lowest BCUT2D eigenvalue weighted by Gasteiger charge is -2.26. The highest BCUT2D eigenvalue weighted by Gasteiger charge is 2.30. The first kappa shape index (κ1) is 18.6. The van der Waals surface area contributed by atoms with Gasteiger partial charge in [-0.15, -0.1) is 0 Å². The molecule has 144 valence electrons. The van der Waals surface area contributed by atoms with Gasteiger partial charge in [0, 0.05) is 46.3 Å². The summed E-state index contributed by atoms with van der Waals surface area (Å²) in [5, 5.41) is 1.69. The van der Waals surface area contributed by atoms with Crippen LogP contribution in [0.4, 0.5) is 13.2 Å². The largest absolute Gasteiger partial charge is 0.416 e. The standard InChI is InChI=1S/C21H16ClF3N2O/c22-16-5-6-19-17(11-16)18(12-26-19)13-7-9-27(10-8-13)20(28)14-1-3-15(4-2-14)21(23,24)25/h1-7,11-12,26H,8-10H2. The zero-order valence-electron chi connectivity index (χ0n) is 14.7. The molecule has 0 aliphatic carbocycles. The lowest BCUT2D eigenvalue weighted by atomic mass is 9.98. The number of carbonyl (C=O) groups is 1. The van der Waals surface area contributed by atoms with Crippen LogP contribution >= 0.6 is 11.6 Å². The van der Waals surface area contributed by atoms with E-state index in [1.165, 1.54) is 12.1 Å². The summed E-state index contributed by atoms with van der Waals surface area (Å²) in [7, 11) is 0. The number of hydrogen-bond donors (Lipinski definition) is 1. The smallest absolute Gasteiger partial charge is 0.361 e. The number of aromatic amines is 1. The molecule has 1 aliphatic heterocycles. The molecule has 0 fully saturated rings. The van der Waals surface area contributed by atoms with E-state index in [-0.39, 0.29) is 11.5 Å². The van der Waals surface area contributed by atoms with Gasteiger partial charge in [0.15, 0.2) is 0 Å². The number of halogens is 4. The zero-order valence-corrected chi connectivity index (χ0v) is 15.4. The highest BCUT2D eigenvalue weighted by Crippen LogP contribution is 2.32. The van der Waals surface area contributed by atoms with E-state index in [0.717, 1.165) is 34.2 Å². The van der Waals surface area contributed by atoms with Gasteiger partial charge in [0.25, 0.3) is 5.91 Å². The molecule has 28 heavy (non-hydrogen) atoms. The van der Waals surface area contributed by atoms with Crippen molar-refractivity contribution in [2.24, 2.45) is 0 Å². The molecule has 0 saturated heterocycles. The van der Waals surface area contributed by atoms with Crippen molar-refractivity contribution >= 4 is 34.0 Å². The number of H-pyrrole nitrogens is 1. The molecular weight excluding hydrogens is 389 g/mol. The van der Waals surface area contributed by atoms with E-state index in [1.54, 1.807) is 4.90 Å². The van der Waals surface area contributed by atoms with Gasteiger partial charge in [-0.05, 0) is 54.5 Å². The third-order valence-electron chi connectivity index (χ3n) is 4.95. The molecule has 3 nitrogen and oxygen atoms in total. The molecule has 2 aromatic carbocycles. The average Bonchev–Trinajstić information content (AvgIpc) is 3.10. The van der Waals surface area contributed by atoms with Crippen LogP contribution in [0.15, 0.2) is 54.7 Å². The quantitative estimate of drug-likeness (QED) is 0.578. The monoisotopic (exact) mass is 404 g/mol. The number of rotatable bonds is 2. The van der Waals surface area contributed by atoms with E-state index in [9.17, 15) is 18.0 Å². The number of nitrogens with zero attached hydrogens (tertiary/aromatic N) is 1. The van der Waals surface area contributed by atoms with Crippen molar-refractivity contribution in [1.82, 2.24) is 9.88 Å². The normalized spacial score (nSPS) is 15.0. The van der Waals surface area contributed by atoms with Gasteiger partial charge >= 0.3 is 6.18 Å². The highest BCUT2D eigenvalue weighted by atomic mass is 35.5. The van der Waals surface area contributed by atoms with Crippen LogP contribution in [0.25, 0.3) is 16.5 Å². The number of carbonyl (C=O) groups excluding carboxylic acids is 1. The summed E-state index contributed by atoms with van der Waals surface area (Å²) in [5.41, 5.74) is 2.65. The van der Waals surface area contributed by atoms with Gasteiger partial charge in [0.1, 0.15) is 0 Å². The van der Waals surface area contributed by atoms with Crippen LogP contribution in [0.5, 0.6) is 0 Å². The lowest BCUT2D eigenvalue weighted by Crippen LogP contribution is -2.34. The Balaban J connectivity index is 1.52. The minimum Gasteiger partial charge on any atom is -0.361 e. The Morgan fingerprint density at radius 3 is 2.50 bits per heavy atom. The number of aromatic nitrogens is 1. The molecule has 2 heterocycles. The van der Waals surface area contributed by atoms with E-state index in [2.05, 4.69) is 4.98 Å². The van der Waals surface area contributed by atoms with E-state index < -0.39 is 11.7 Å². The van der Waals surface area contributed by atoms with Crippen molar-refractivity contribution in [1.29, 1.82) is 0 Å². The number of fused-ring (bicyclic) bond motifs is 1. The van der Waals surface area contributed by atoms with Gasteiger partial charge < -0.3 is 9.88 Å². The van der Waals surface area contributed by atoms with Crippen molar-refractivity contribution in [2.75, 3.05) is 13.1 Å².